The minimum atomic E-state index is -4.76. The summed E-state index contributed by atoms with van der Waals surface area (Å²) in [5.74, 6) is -0.929. The molecular weight excluding hydrogens is 687 g/mol. The van der Waals surface area contributed by atoms with Crippen molar-refractivity contribution in [3.05, 3.63) is 48.6 Å². The first-order valence-electron chi connectivity index (χ1n) is 21.4. The molecule has 0 aliphatic carbocycles. The van der Waals surface area contributed by atoms with Crippen LogP contribution in [-0.4, -0.2) is 41.0 Å². The zero-order chi connectivity index (χ0) is 38.9. The van der Waals surface area contributed by atoms with Gasteiger partial charge in [0.2, 0.25) is 0 Å². The molecule has 0 unspecified atom stereocenters. The van der Waals surface area contributed by atoms with Crippen molar-refractivity contribution in [1.82, 2.24) is 0 Å². The van der Waals surface area contributed by atoms with Gasteiger partial charge in [-0.25, -0.2) is 4.57 Å². The molecule has 9 heteroatoms. The number of unbranched alkanes of at least 4 members (excludes halogenated alkanes) is 21. The normalized spacial score (nSPS) is 12.9. The second-order valence-corrected chi connectivity index (χ2v) is 15.5. The van der Waals surface area contributed by atoms with Crippen molar-refractivity contribution >= 4 is 19.8 Å². The summed E-state index contributed by atoms with van der Waals surface area (Å²) in [5, 5.41) is 0. The molecule has 2 N–H and O–H groups in total. The number of rotatable bonds is 39. The smallest absolute Gasteiger partial charge is 0.462 e. The third kappa shape index (κ3) is 42.6. The molecule has 0 spiro atoms. The molecule has 0 saturated heterocycles. The summed E-state index contributed by atoms with van der Waals surface area (Å²) >= 11 is 0. The number of ether oxygens (including phenoxy) is 2. The Morgan fingerprint density at radius 2 is 0.906 bits per heavy atom. The highest BCUT2D eigenvalue weighted by atomic mass is 31.2. The number of hydrogen-bond acceptors (Lipinski definition) is 6. The van der Waals surface area contributed by atoms with E-state index < -0.39 is 32.5 Å². The maximum absolute atomic E-state index is 12.4. The van der Waals surface area contributed by atoms with Crippen molar-refractivity contribution in [3.63, 3.8) is 0 Å². The highest BCUT2D eigenvalue weighted by Crippen LogP contribution is 2.36. The SMILES string of the molecule is CC/C=C/C/C=C/C/C=C/C/C=C/CCCCC(=O)OC[C@H](COP(=O)(O)O)OC(=O)CCCCCCCCCCCCCCCCCCCCCC. The van der Waals surface area contributed by atoms with Crippen molar-refractivity contribution in [2.24, 2.45) is 0 Å². The third-order valence-electron chi connectivity index (χ3n) is 9.11. The minimum Gasteiger partial charge on any atom is -0.462 e. The molecule has 0 saturated carbocycles. The molecule has 0 aromatic carbocycles. The van der Waals surface area contributed by atoms with E-state index in [1.807, 2.05) is 0 Å². The molecular formula is C44H79O8P. The molecule has 0 aliphatic rings. The fraction of sp³-hybridized carbons (Fsp3) is 0.773. The Morgan fingerprint density at radius 1 is 0.509 bits per heavy atom. The number of carbonyl (C=O) groups excluding carboxylic acids is 2. The fourth-order valence-corrected chi connectivity index (χ4v) is 6.31. The summed E-state index contributed by atoms with van der Waals surface area (Å²) < 4.78 is 26.4. The number of allylic oxidation sites excluding steroid dienone is 8. The summed E-state index contributed by atoms with van der Waals surface area (Å²) in [4.78, 5) is 42.8. The third-order valence-corrected chi connectivity index (χ3v) is 9.60. The van der Waals surface area contributed by atoms with Gasteiger partial charge >= 0.3 is 19.8 Å². The van der Waals surface area contributed by atoms with Crippen molar-refractivity contribution < 1.29 is 37.9 Å². The van der Waals surface area contributed by atoms with Crippen LogP contribution in [0.2, 0.25) is 0 Å². The van der Waals surface area contributed by atoms with Gasteiger partial charge in [0.05, 0.1) is 6.61 Å². The molecule has 0 aromatic rings. The first-order chi connectivity index (χ1) is 25.8. The van der Waals surface area contributed by atoms with E-state index in [9.17, 15) is 14.2 Å². The second-order valence-electron chi connectivity index (χ2n) is 14.3. The quantitative estimate of drug-likeness (QED) is 0.0275. The Hall–Kier alpha value is -1.99. The van der Waals surface area contributed by atoms with Crippen LogP contribution in [0, 0.1) is 0 Å². The van der Waals surface area contributed by atoms with Gasteiger partial charge < -0.3 is 19.3 Å². The number of esters is 2. The maximum Gasteiger partial charge on any atom is 0.469 e. The average Bonchev–Trinajstić information content (AvgIpc) is 3.13. The van der Waals surface area contributed by atoms with Crippen LogP contribution in [0.3, 0.4) is 0 Å². The van der Waals surface area contributed by atoms with E-state index in [2.05, 4.69) is 67.0 Å². The first-order valence-corrected chi connectivity index (χ1v) is 23.0. The number of phosphoric ester groups is 1. The van der Waals surface area contributed by atoms with E-state index >= 15 is 0 Å². The van der Waals surface area contributed by atoms with Gasteiger partial charge in [0.25, 0.3) is 0 Å². The maximum atomic E-state index is 12.4. The van der Waals surface area contributed by atoms with Gasteiger partial charge in [-0.2, -0.15) is 0 Å². The molecule has 0 aromatic heterocycles. The molecule has 1 atom stereocenters. The second kappa shape index (κ2) is 39.7. The van der Waals surface area contributed by atoms with Gasteiger partial charge in [0.1, 0.15) is 6.61 Å². The molecule has 53 heavy (non-hydrogen) atoms. The van der Waals surface area contributed by atoms with E-state index in [-0.39, 0.29) is 19.4 Å². The summed E-state index contributed by atoms with van der Waals surface area (Å²) in [6.07, 6.45) is 48.4. The summed E-state index contributed by atoms with van der Waals surface area (Å²) in [7, 11) is -4.76. The molecule has 0 rings (SSSR count). The Bertz CT molecular complexity index is 999. The van der Waals surface area contributed by atoms with Crippen LogP contribution in [0.5, 0.6) is 0 Å². The van der Waals surface area contributed by atoms with E-state index in [0.717, 1.165) is 57.8 Å². The summed E-state index contributed by atoms with van der Waals surface area (Å²) in [5.41, 5.74) is 0. The number of hydrogen-bond donors (Lipinski definition) is 2. The molecule has 0 aliphatic heterocycles. The lowest BCUT2D eigenvalue weighted by Gasteiger charge is -2.18. The topological polar surface area (TPSA) is 119 Å². The molecule has 0 radical (unpaired) electrons. The Balaban J connectivity index is 3.92. The van der Waals surface area contributed by atoms with Crippen LogP contribution in [0.1, 0.15) is 200 Å². The Labute approximate surface area is 324 Å². The van der Waals surface area contributed by atoms with Gasteiger partial charge in [-0.15, -0.1) is 0 Å². The Morgan fingerprint density at radius 3 is 1.36 bits per heavy atom. The zero-order valence-corrected chi connectivity index (χ0v) is 34.8. The molecule has 8 nitrogen and oxygen atoms in total. The van der Waals surface area contributed by atoms with Crippen molar-refractivity contribution in [2.45, 2.75) is 206 Å². The largest absolute Gasteiger partial charge is 0.469 e. The van der Waals surface area contributed by atoms with Gasteiger partial charge in [-0.05, 0) is 51.4 Å². The molecule has 0 bridgehead atoms. The summed E-state index contributed by atoms with van der Waals surface area (Å²) in [6, 6.07) is 0. The lowest BCUT2D eigenvalue weighted by Crippen LogP contribution is -2.29. The van der Waals surface area contributed by atoms with Crippen LogP contribution in [0.4, 0.5) is 0 Å². The molecule has 0 heterocycles. The highest BCUT2D eigenvalue weighted by molar-refractivity contribution is 7.46. The number of carbonyl (C=O) groups is 2. The van der Waals surface area contributed by atoms with Crippen molar-refractivity contribution in [3.8, 4) is 0 Å². The minimum absolute atomic E-state index is 0.205. The lowest BCUT2D eigenvalue weighted by atomic mass is 10.0. The molecule has 308 valence electrons. The van der Waals surface area contributed by atoms with Crippen LogP contribution in [0.15, 0.2) is 48.6 Å². The van der Waals surface area contributed by atoms with E-state index in [0.29, 0.717) is 12.8 Å². The standard InChI is InChI=1S/C44H79O8P/c1-3-5-7-9-11-13-15-17-19-20-21-22-23-25-27-29-31-33-35-37-39-44(46)52-42(41-51-53(47,48)49)40-50-43(45)38-36-34-32-30-28-26-24-18-16-14-12-10-8-6-4-2/h6,8,12,14,18,24,28,30,42H,3-5,7,9-11,13,15-17,19-23,25-27,29,31-41H2,1-2H3,(H2,47,48,49)/b8-6+,14-12+,24-18+,30-28+/t42-/m1/s1. The van der Waals surface area contributed by atoms with Crippen molar-refractivity contribution in [1.29, 1.82) is 0 Å². The first kappa shape index (κ1) is 51.0. The number of phosphoric acid groups is 1. The highest BCUT2D eigenvalue weighted by Gasteiger charge is 2.22. The van der Waals surface area contributed by atoms with Gasteiger partial charge in [0.15, 0.2) is 6.10 Å². The zero-order valence-electron chi connectivity index (χ0n) is 33.9. The fourth-order valence-electron chi connectivity index (χ4n) is 5.95. The van der Waals surface area contributed by atoms with E-state index in [1.165, 1.54) is 103 Å². The van der Waals surface area contributed by atoms with Crippen LogP contribution >= 0.6 is 7.82 Å². The van der Waals surface area contributed by atoms with Crippen LogP contribution in [0.25, 0.3) is 0 Å². The van der Waals surface area contributed by atoms with Crippen LogP contribution in [-0.2, 0) is 28.2 Å². The molecule has 0 fully saturated rings. The van der Waals surface area contributed by atoms with Crippen LogP contribution < -0.4 is 0 Å². The van der Waals surface area contributed by atoms with E-state index in [4.69, 9.17) is 19.3 Å². The Kier molecular flexibility index (Phi) is 38.2. The lowest BCUT2D eigenvalue weighted by molar-refractivity contribution is -0.161. The van der Waals surface area contributed by atoms with Crippen molar-refractivity contribution in [2.75, 3.05) is 13.2 Å². The van der Waals surface area contributed by atoms with Gasteiger partial charge in [0, 0.05) is 12.8 Å². The van der Waals surface area contributed by atoms with E-state index in [1.54, 1.807) is 0 Å². The van der Waals surface area contributed by atoms with Gasteiger partial charge in [-0.1, -0.05) is 184 Å². The molecule has 0 amide bonds. The summed E-state index contributed by atoms with van der Waals surface area (Å²) in [6.45, 7) is 3.55. The predicted molar refractivity (Wildman–Crippen MR) is 221 cm³/mol. The monoisotopic (exact) mass is 767 g/mol. The average molecular weight is 767 g/mol. The van der Waals surface area contributed by atoms with Gasteiger partial charge in [-0.3, -0.25) is 14.1 Å². The predicted octanol–water partition coefficient (Wildman–Crippen LogP) is 13.1.